The van der Waals surface area contributed by atoms with E-state index in [-0.39, 0.29) is 5.92 Å². The van der Waals surface area contributed by atoms with Crippen LogP contribution in [0.3, 0.4) is 0 Å². The summed E-state index contributed by atoms with van der Waals surface area (Å²) in [5, 5.41) is -0.568. The first-order valence-electron chi connectivity index (χ1n) is 10.7. The Hall–Kier alpha value is -2.24. The Morgan fingerprint density at radius 2 is 1.61 bits per heavy atom. The first kappa shape index (κ1) is 20.7. The molecule has 0 aromatic heterocycles. The van der Waals surface area contributed by atoms with E-state index in [2.05, 4.69) is 34.1 Å². The van der Waals surface area contributed by atoms with Crippen LogP contribution >= 0.6 is 15.9 Å². The van der Waals surface area contributed by atoms with Gasteiger partial charge >= 0.3 is 0 Å². The molecule has 2 aliphatic heterocycles. The van der Waals surface area contributed by atoms with Crippen molar-refractivity contribution in [3.63, 3.8) is 0 Å². The van der Waals surface area contributed by atoms with Crippen molar-refractivity contribution in [3.05, 3.63) is 94.0 Å². The molecule has 2 atom stereocenters. The van der Waals surface area contributed by atoms with Gasteiger partial charge in [0.05, 0.1) is 15.8 Å². The molecule has 3 aromatic rings. The molecule has 5 heteroatoms. The van der Waals surface area contributed by atoms with Gasteiger partial charge < -0.3 is 0 Å². The van der Waals surface area contributed by atoms with Crippen molar-refractivity contribution < 1.29 is 8.42 Å². The zero-order valence-corrected chi connectivity index (χ0v) is 19.6. The van der Waals surface area contributed by atoms with E-state index in [0.717, 1.165) is 39.8 Å². The second-order valence-electron chi connectivity index (χ2n) is 8.41. The van der Waals surface area contributed by atoms with Crippen LogP contribution in [0, 0.1) is 5.92 Å². The summed E-state index contributed by atoms with van der Waals surface area (Å²) in [7, 11) is -3.50. The molecule has 2 heterocycles. The molecule has 5 rings (SSSR count). The number of sulfone groups is 1. The van der Waals surface area contributed by atoms with Gasteiger partial charge in [-0.1, -0.05) is 70.5 Å². The fourth-order valence-corrected chi connectivity index (χ4v) is 7.28. The topological polar surface area (TPSA) is 46.5 Å². The molecule has 158 valence electrons. The summed E-state index contributed by atoms with van der Waals surface area (Å²) in [6.07, 6.45) is 3.88. The lowest BCUT2D eigenvalue weighted by Crippen LogP contribution is -2.17. The highest BCUT2D eigenvalue weighted by Gasteiger charge is 2.34. The summed E-state index contributed by atoms with van der Waals surface area (Å²) >= 11 is 3.57. The van der Waals surface area contributed by atoms with Gasteiger partial charge in [-0.05, 0) is 67.0 Å². The average Bonchev–Trinajstić information content (AvgIpc) is 2.91. The van der Waals surface area contributed by atoms with Gasteiger partial charge in [-0.25, -0.2) is 8.42 Å². The monoisotopic (exact) mass is 493 g/mol. The Kier molecular flexibility index (Phi) is 5.57. The molecule has 3 nitrogen and oxygen atoms in total. The van der Waals surface area contributed by atoms with E-state index in [1.807, 2.05) is 48.5 Å². The maximum Gasteiger partial charge on any atom is 0.185 e. The highest BCUT2D eigenvalue weighted by Crippen LogP contribution is 2.40. The molecule has 0 N–H and O–H groups in total. The number of hydrogen-bond acceptors (Lipinski definition) is 3. The lowest BCUT2D eigenvalue weighted by atomic mass is 9.87. The second-order valence-corrected chi connectivity index (χ2v) is 11.4. The summed E-state index contributed by atoms with van der Waals surface area (Å²) in [6.45, 7) is 0. The predicted molar refractivity (Wildman–Crippen MR) is 129 cm³/mol. The number of aliphatic imine (C=N–C) groups is 1. The molecule has 0 aliphatic carbocycles. The molecule has 3 aromatic carbocycles. The van der Waals surface area contributed by atoms with E-state index in [4.69, 9.17) is 4.99 Å². The number of aryl methyl sites for hydroxylation is 1. The third kappa shape index (κ3) is 4.01. The molecule has 31 heavy (non-hydrogen) atoms. The van der Waals surface area contributed by atoms with Gasteiger partial charge in [0.25, 0.3) is 0 Å². The summed E-state index contributed by atoms with van der Waals surface area (Å²) in [4.78, 5) is 5.59. The Morgan fingerprint density at radius 1 is 0.839 bits per heavy atom. The first-order chi connectivity index (χ1) is 15.0. The smallest absolute Gasteiger partial charge is 0.185 e. The quantitative estimate of drug-likeness (QED) is 0.381. The van der Waals surface area contributed by atoms with Crippen LogP contribution in [0.4, 0.5) is 5.69 Å². The normalized spacial score (nSPS) is 22.4. The minimum atomic E-state index is -3.50. The zero-order chi connectivity index (χ0) is 21.4. The van der Waals surface area contributed by atoms with Crippen LogP contribution in [0.1, 0.15) is 41.2 Å². The minimum absolute atomic E-state index is 0.247. The van der Waals surface area contributed by atoms with Crippen molar-refractivity contribution in [2.24, 2.45) is 10.9 Å². The van der Waals surface area contributed by atoms with E-state index < -0.39 is 15.1 Å². The average molecular weight is 494 g/mol. The van der Waals surface area contributed by atoms with Crippen LogP contribution in [0.15, 0.2) is 87.2 Å². The molecule has 2 aliphatic rings. The van der Waals surface area contributed by atoms with Crippen molar-refractivity contribution in [3.8, 4) is 0 Å². The van der Waals surface area contributed by atoms with Gasteiger partial charge in [-0.2, -0.15) is 0 Å². The van der Waals surface area contributed by atoms with E-state index in [1.165, 1.54) is 5.56 Å². The Morgan fingerprint density at radius 3 is 2.45 bits per heavy atom. The van der Waals surface area contributed by atoms with Gasteiger partial charge in [-0.3, -0.25) is 4.99 Å². The van der Waals surface area contributed by atoms with Crippen molar-refractivity contribution in [2.45, 2.75) is 42.2 Å². The molecule has 2 unspecified atom stereocenters. The standard InChI is InChI=1S/C26H24BrNO2S/c27-22-13-12-18-10-11-20-16-21-8-4-5-9-25(21)31(29,30)26(19-6-2-1-3-7-19)15-14-23(20)28-24(18)17-22/h1-9,12-13,17,20,26H,10-11,14-16H2. The number of fused-ring (bicyclic) bond motifs is 3. The third-order valence-electron chi connectivity index (χ3n) is 6.50. The fraction of sp³-hybridized carbons (Fsp3) is 0.269. The van der Waals surface area contributed by atoms with Gasteiger partial charge in [0.1, 0.15) is 0 Å². The van der Waals surface area contributed by atoms with Gasteiger partial charge in [0.2, 0.25) is 0 Å². The molecule has 0 saturated carbocycles. The Bertz CT molecular complexity index is 1250. The number of nitrogens with zero attached hydrogens (tertiary/aromatic N) is 1. The van der Waals surface area contributed by atoms with Gasteiger partial charge in [0, 0.05) is 16.1 Å². The Labute approximate surface area is 192 Å². The first-order valence-corrected chi connectivity index (χ1v) is 13.1. The van der Waals surface area contributed by atoms with Crippen LogP contribution in [-0.4, -0.2) is 14.1 Å². The van der Waals surface area contributed by atoms with E-state index in [1.54, 1.807) is 6.07 Å². The number of hydrogen-bond donors (Lipinski definition) is 0. The van der Waals surface area contributed by atoms with Crippen LogP contribution in [-0.2, 0) is 22.7 Å². The van der Waals surface area contributed by atoms with Crippen LogP contribution in [0.5, 0.6) is 0 Å². The SMILES string of the molecule is O=S1(=O)c2ccccc2CC2CCc3ccc(Br)cc3N=C2CCC1c1ccccc1. The molecule has 0 fully saturated rings. The van der Waals surface area contributed by atoms with Crippen molar-refractivity contribution in [1.29, 1.82) is 0 Å². The number of halogens is 1. The minimum Gasteiger partial charge on any atom is -0.257 e. The molecule has 0 amide bonds. The fourth-order valence-electron chi connectivity index (χ4n) is 4.89. The van der Waals surface area contributed by atoms with Crippen LogP contribution in [0.25, 0.3) is 0 Å². The number of benzene rings is 3. The van der Waals surface area contributed by atoms with Crippen molar-refractivity contribution in [1.82, 2.24) is 0 Å². The predicted octanol–water partition coefficient (Wildman–Crippen LogP) is 6.64. The largest absolute Gasteiger partial charge is 0.257 e. The third-order valence-corrected chi connectivity index (χ3v) is 9.26. The van der Waals surface area contributed by atoms with Crippen LogP contribution in [0.2, 0.25) is 0 Å². The second kappa shape index (κ2) is 8.36. The lowest BCUT2D eigenvalue weighted by Gasteiger charge is -2.19. The van der Waals surface area contributed by atoms with Crippen molar-refractivity contribution >= 4 is 37.2 Å². The Balaban J connectivity index is 1.65. The maximum atomic E-state index is 13.8. The molecular weight excluding hydrogens is 470 g/mol. The van der Waals surface area contributed by atoms with Crippen LogP contribution < -0.4 is 0 Å². The molecule has 0 saturated heterocycles. The summed E-state index contributed by atoms with van der Waals surface area (Å²) in [6, 6.07) is 23.5. The molecule has 0 bridgehead atoms. The molecular formula is C26H24BrNO2S. The van der Waals surface area contributed by atoms with Gasteiger partial charge in [-0.15, -0.1) is 0 Å². The maximum absolute atomic E-state index is 13.8. The van der Waals surface area contributed by atoms with Gasteiger partial charge in [0.15, 0.2) is 9.84 Å². The highest BCUT2D eigenvalue weighted by molar-refractivity contribution is 9.10. The molecule has 0 spiro atoms. The van der Waals surface area contributed by atoms with E-state index in [9.17, 15) is 8.42 Å². The van der Waals surface area contributed by atoms with Crippen molar-refractivity contribution in [2.75, 3.05) is 0 Å². The molecule has 0 radical (unpaired) electrons. The summed E-state index contributed by atoms with van der Waals surface area (Å²) < 4.78 is 28.6. The summed E-state index contributed by atoms with van der Waals surface area (Å²) in [5.74, 6) is 0.247. The van der Waals surface area contributed by atoms with E-state index in [0.29, 0.717) is 24.2 Å². The highest BCUT2D eigenvalue weighted by atomic mass is 79.9. The lowest BCUT2D eigenvalue weighted by molar-refractivity contribution is 0.576. The summed E-state index contributed by atoms with van der Waals surface area (Å²) in [5.41, 5.74) is 5.17. The zero-order valence-electron chi connectivity index (χ0n) is 17.2. The number of rotatable bonds is 1. The van der Waals surface area contributed by atoms with E-state index >= 15 is 0 Å².